The predicted octanol–water partition coefficient (Wildman–Crippen LogP) is 2.30. The molecule has 31 heavy (non-hydrogen) atoms. The summed E-state index contributed by atoms with van der Waals surface area (Å²) in [5.41, 5.74) is 7.41. The highest BCUT2D eigenvalue weighted by Gasteiger charge is 2.38. The summed E-state index contributed by atoms with van der Waals surface area (Å²) in [7, 11) is -3.28. The maximum absolute atomic E-state index is 13.5. The number of piperidine rings is 1. The van der Waals surface area contributed by atoms with Crippen molar-refractivity contribution >= 4 is 49.9 Å². The number of nitrogens with zero attached hydrogens (tertiary/aromatic N) is 5. The van der Waals surface area contributed by atoms with Crippen molar-refractivity contribution in [3.63, 3.8) is 0 Å². The number of benzene rings is 1. The fraction of sp³-hybridized carbons (Fsp3) is 0.368. The Labute approximate surface area is 183 Å². The molecule has 1 fully saturated rings. The Hall–Kier alpha value is -2.63. The van der Waals surface area contributed by atoms with Gasteiger partial charge in [0.05, 0.1) is 22.5 Å². The third-order valence-corrected chi connectivity index (χ3v) is 7.25. The lowest BCUT2D eigenvalue weighted by atomic mass is 10.0. The summed E-state index contributed by atoms with van der Waals surface area (Å²) >= 11 is 5.87. The van der Waals surface area contributed by atoms with Crippen molar-refractivity contribution in [1.82, 2.24) is 19.9 Å². The molecule has 1 aliphatic heterocycles. The number of aromatic nitrogens is 4. The first-order valence-electron chi connectivity index (χ1n) is 9.63. The molecule has 0 aliphatic carbocycles. The topological polar surface area (TPSA) is 127 Å². The third-order valence-electron chi connectivity index (χ3n) is 5.31. The fourth-order valence-electron chi connectivity index (χ4n) is 3.83. The molecule has 2 unspecified atom stereocenters. The summed E-state index contributed by atoms with van der Waals surface area (Å²) in [6, 6.07) is 3.79. The Morgan fingerprint density at radius 3 is 2.84 bits per heavy atom. The number of hydrogen-bond donors (Lipinski definition) is 2. The molecule has 0 radical (unpaired) electrons. The first-order valence-corrected chi connectivity index (χ1v) is 12.0. The lowest BCUT2D eigenvalue weighted by molar-refractivity contribution is 0.448. The van der Waals surface area contributed by atoms with Crippen LogP contribution in [0.1, 0.15) is 12.8 Å². The van der Waals surface area contributed by atoms with Gasteiger partial charge < -0.3 is 16.0 Å². The van der Waals surface area contributed by atoms with Gasteiger partial charge in [0.2, 0.25) is 5.95 Å². The lowest BCUT2D eigenvalue weighted by Gasteiger charge is -2.39. The molecule has 0 bridgehead atoms. The van der Waals surface area contributed by atoms with E-state index in [0.717, 1.165) is 0 Å². The van der Waals surface area contributed by atoms with Crippen molar-refractivity contribution in [2.45, 2.75) is 24.1 Å². The van der Waals surface area contributed by atoms with Gasteiger partial charge in [-0.15, -0.1) is 0 Å². The minimum atomic E-state index is -3.28. The smallest absolute Gasteiger partial charge is 0.226 e. The molecule has 1 aromatic carbocycles. The average Bonchev–Trinajstić information content (AvgIpc) is 2.75. The maximum Gasteiger partial charge on any atom is 0.226 e. The van der Waals surface area contributed by atoms with Crippen LogP contribution in [0.5, 0.6) is 0 Å². The van der Waals surface area contributed by atoms with Crippen molar-refractivity contribution in [1.29, 1.82) is 0 Å². The molecule has 3 aromatic rings. The summed E-state index contributed by atoms with van der Waals surface area (Å²) in [6.07, 6.45) is 5.38. The second-order valence-corrected chi connectivity index (χ2v) is 10.1. The molecule has 3 heterocycles. The van der Waals surface area contributed by atoms with E-state index >= 15 is 0 Å². The number of nitrogens with two attached hydrogens (primary N) is 1. The Morgan fingerprint density at radius 1 is 1.32 bits per heavy atom. The minimum Gasteiger partial charge on any atom is -0.338 e. The molecular formula is C19H21ClFN7O2S. The molecule has 12 heteroatoms. The van der Waals surface area contributed by atoms with Crippen LogP contribution < -0.4 is 16.0 Å². The lowest BCUT2D eigenvalue weighted by Crippen LogP contribution is -2.55. The molecular weight excluding hydrogens is 445 g/mol. The molecule has 4 rings (SSSR count). The Morgan fingerprint density at radius 2 is 2.13 bits per heavy atom. The molecule has 2 atom stereocenters. The van der Waals surface area contributed by atoms with E-state index in [-0.39, 0.29) is 11.6 Å². The molecule has 1 saturated heterocycles. The number of rotatable bonds is 5. The van der Waals surface area contributed by atoms with Gasteiger partial charge in [-0.1, -0.05) is 11.6 Å². The van der Waals surface area contributed by atoms with E-state index in [1.54, 1.807) is 6.20 Å². The quantitative estimate of drug-likeness (QED) is 0.583. The number of fused-ring (bicyclic) bond motifs is 1. The van der Waals surface area contributed by atoms with Gasteiger partial charge in [0.1, 0.15) is 23.2 Å². The van der Waals surface area contributed by atoms with E-state index in [9.17, 15) is 12.8 Å². The largest absolute Gasteiger partial charge is 0.338 e. The Kier molecular flexibility index (Phi) is 5.91. The zero-order chi connectivity index (χ0) is 22.2. The molecule has 2 aromatic heterocycles. The maximum atomic E-state index is 13.5. The second-order valence-electron chi connectivity index (χ2n) is 7.39. The van der Waals surface area contributed by atoms with Gasteiger partial charge in [0, 0.05) is 25.0 Å². The molecule has 0 saturated carbocycles. The first kappa shape index (κ1) is 21.6. The van der Waals surface area contributed by atoms with Gasteiger partial charge in [-0.2, -0.15) is 0 Å². The highest BCUT2D eigenvalue weighted by molar-refractivity contribution is 7.91. The van der Waals surface area contributed by atoms with Crippen LogP contribution in [0, 0.1) is 5.82 Å². The second kappa shape index (κ2) is 8.48. The van der Waals surface area contributed by atoms with E-state index in [1.165, 1.54) is 30.8 Å². The van der Waals surface area contributed by atoms with Gasteiger partial charge in [0.15, 0.2) is 15.7 Å². The fourth-order valence-corrected chi connectivity index (χ4v) is 5.44. The van der Waals surface area contributed by atoms with Crippen LogP contribution in [0.4, 0.5) is 21.8 Å². The number of hydrogen-bond acceptors (Lipinski definition) is 9. The van der Waals surface area contributed by atoms with Gasteiger partial charge >= 0.3 is 0 Å². The van der Waals surface area contributed by atoms with Crippen LogP contribution in [0.3, 0.4) is 0 Å². The van der Waals surface area contributed by atoms with Gasteiger partial charge in [-0.05, 0) is 31.0 Å². The van der Waals surface area contributed by atoms with Crippen molar-refractivity contribution in [3.05, 3.63) is 41.6 Å². The van der Waals surface area contributed by atoms with Gasteiger partial charge in [0.25, 0.3) is 0 Å². The monoisotopic (exact) mass is 465 g/mol. The van der Waals surface area contributed by atoms with Crippen LogP contribution in [-0.2, 0) is 9.84 Å². The van der Waals surface area contributed by atoms with E-state index in [2.05, 4.69) is 25.3 Å². The highest BCUT2D eigenvalue weighted by Crippen LogP contribution is 2.29. The first-order chi connectivity index (χ1) is 14.8. The SMILES string of the molecule is CS(=O)(=O)C1CCCN(c2ncc3ncnc(Nc4ccc(F)c(Cl)c4)c3n2)C1CN. The van der Waals surface area contributed by atoms with E-state index in [0.29, 0.717) is 47.9 Å². The zero-order valence-corrected chi connectivity index (χ0v) is 18.2. The Bertz CT molecular complexity index is 1230. The van der Waals surface area contributed by atoms with Crippen LogP contribution in [0.25, 0.3) is 11.0 Å². The van der Waals surface area contributed by atoms with E-state index in [4.69, 9.17) is 17.3 Å². The normalized spacial score (nSPS) is 19.5. The van der Waals surface area contributed by atoms with Crippen molar-refractivity contribution in [3.8, 4) is 0 Å². The Balaban J connectivity index is 1.73. The summed E-state index contributed by atoms with van der Waals surface area (Å²) in [4.78, 5) is 19.3. The molecule has 9 nitrogen and oxygen atoms in total. The summed E-state index contributed by atoms with van der Waals surface area (Å²) in [5, 5.41) is 2.46. The minimum absolute atomic E-state index is 0.0235. The van der Waals surface area contributed by atoms with Gasteiger partial charge in [-0.25, -0.2) is 32.7 Å². The summed E-state index contributed by atoms with van der Waals surface area (Å²) in [6.45, 7) is 0.743. The molecule has 3 N–H and O–H groups in total. The number of sulfone groups is 1. The van der Waals surface area contributed by atoms with Crippen molar-refractivity contribution in [2.75, 3.05) is 29.6 Å². The van der Waals surface area contributed by atoms with Crippen LogP contribution >= 0.6 is 11.6 Å². The molecule has 1 aliphatic rings. The van der Waals surface area contributed by atoms with E-state index < -0.39 is 26.9 Å². The third kappa shape index (κ3) is 4.39. The molecule has 164 valence electrons. The zero-order valence-electron chi connectivity index (χ0n) is 16.7. The standard InChI is InChI=1S/C19H21ClFN7O2S/c1-31(29,30)16-3-2-6-28(15(16)8-22)19-23-9-14-17(27-19)18(25-10-24-14)26-11-4-5-13(21)12(20)7-11/h4-5,7,9-10,15-16H,2-3,6,8,22H2,1H3,(H,24,25,26). The average molecular weight is 466 g/mol. The van der Waals surface area contributed by atoms with Crippen LogP contribution in [0.2, 0.25) is 5.02 Å². The summed E-state index contributed by atoms with van der Waals surface area (Å²) in [5.74, 6) is 0.214. The number of nitrogens with one attached hydrogen (secondary N) is 1. The van der Waals surface area contributed by atoms with Crippen LogP contribution in [-0.4, -0.2) is 59.0 Å². The number of halogens is 2. The number of anilines is 3. The highest BCUT2D eigenvalue weighted by atomic mass is 35.5. The molecule has 0 spiro atoms. The molecule has 0 amide bonds. The predicted molar refractivity (Wildman–Crippen MR) is 118 cm³/mol. The van der Waals surface area contributed by atoms with Crippen LogP contribution in [0.15, 0.2) is 30.7 Å². The van der Waals surface area contributed by atoms with Crippen molar-refractivity contribution < 1.29 is 12.8 Å². The van der Waals surface area contributed by atoms with Gasteiger partial charge in [-0.3, -0.25) is 0 Å². The summed E-state index contributed by atoms with van der Waals surface area (Å²) < 4.78 is 38.0. The van der Waals surface area contributed by atoms with E-state index in [1.807, 2.05) is 4.90 Å². The van der Waals surface area contributed by atoms with Crippen molar-refractivity contribution in [2.24, 2.45) is 5.73 Å².